The van der Waals surface area contributed by atoms with Gasteiger partial charge in [0.1, 0.15) is 5.82 Å². The summed E-state index contributed by atoms with van der Waals surface area (Å²) in [6.07, 6.45) is -0.435. The van der Waals surface area contributed by atoms with Gasteiger partial charge in [0.25, 0.3) is 0 Å². The van der Waals surface area contributed by atoms with Gasteiger partial charge in [0, 0.05) is 0 Å². The summed E-state index contributed by atoms with van der Waals surface area (Å²) in [5.41, 5.74) is 0.0491. The summed E-state index contributed by atoms with van der Waals surface area (Å²) < 4.78 is 41.9. The van der Waals surface area contributed by atoms with E-state index in [0.717, 1.165) is 4.90 Å². The molecule has 0 spiro atoms. The molecule has 7 heteroatoms. The van der Waals surface area contributed by atoms with Crippen molar-refractivity contribution in [1.29, 1.82) is 0 Å². The highest BCUT2D eigenvalue weighted by Crippen LogP contribution is 2.27. The number of benzene rings is 1. The van der Waals surface area contributed by atoms with Crippen molar-refractivity contribution in [3.8, 4) is 0 Å². The monoisotopic (exact) mass is 301 g/mol. The molecule has 1 fully saturated rings. The third-order valence-electron chi connectivity index (χ3n) is 3.15. The largest absolute Gasteiger partial charge is 0.449 e. The van der Waals surface area contributed by atoms with Crippen LogP contribution in [0.1, 0.15) is 13.3 Å². The molecule has 1 amide bonds. The Hall–Kier alpha value is -1.63. The molecule has 1 atom stereocenters. The van der Waals surface area contributed by atoms with Gasteiger partial charge >= 0.3 is 6.09 Å². The van der Waals surface area contributed by atoms with Crippen LogP contribution in [0, 0.1) is 5.82 Å². The summed E-state index contributed by atoms with van der Waals surface area (Å²) in [6.45, 7) is 1.78. The summed E-state index contributed by atoms with van der Waals surface area (Å²) in [5, 5.41) is 0. The van der Waals surface area contributed by atoms with Crippen LogP contribution in [0.2, 0.25) is 0 Å². The van der Waals surface area contributed by atoms with Crippen LogP contribution in [-0.2, 0) is 14.6 Å². The molecule has 110 valence electrons. The first-order chi connectivity index (χ1) is 9.44. The third kappa shape index (κ3) is 3.09. The Morgan fingerprint density at radius 3 is 2.70 bits per heavy atom. The van der Waals surface area contributed by atoms with Gasteiger partial charge in [0.05, 0.1) is 29.8 Å². The standard InChI is InChI=1S/C13H16FNO4S/c1-2-19-13(16)15(10-7-8-20(17,18)9-10)12-6-4-3-5-11(12)14/h3-6,10H,2,7-9H2,1H3. The third-order valence-corrected chi connectivity index (χ3v) is 4.90. The minimum atomic E-state index is -3.18. The summed E-state index contributed by atoms with van der Waals surface area (Å²) >= 11 is 0. The van der Waals surface area contributed by atoms with E-state index >= 15 is 0 Å². The first kappa shape index (κ1) is 14.8. The summed E-state index contributed by atoms with van der Waals surface area (Å²) in [5.74, 6) is -0.743. The minimum absolute atomic E-state index is 0.00201. The molecule has 1 heterocycles. The number of rotatable bonds is 3. The number of halogens is 1. The van der Waals surface area contributed by atoms with E-state index < -0.39 is 27.8 Å². The van der Waals surface area contributed by atoms with Gasteiger partial charge in [-0.25, -0.2) is 17.6 Å². The molecule has 1 aromatic rings. The van der Waals surface area contributed by atoms with E-state index in [9.17, 15) is 17.6 Å². The van der Waals surface area contributed by atoms with Crippen LogP contribution in [0.5, 0.6) is 0 Å². The van der Waals surface area contributed by atoms with E-state index in [4.69, 9.17) is 4.74 Å². The van der Waals surface area contributed by atoms with Crippen molar-refractivity contribution in [1.82, 2.24) is 0 Å². The fourth-order valence-electron chi connectivity index (χ4n) is 2.26. The quantitative estimate of drug-likeness (QED) is 0.856. The number of ether oxygens (including phenoxy) is 1. The van der Waals surface area contributed by atoms with Crippen LogP contribution in [0.3, 0.4) is 0 Å². The van der Waals surface area contributed by atoms with Gasteiger partial charge in [-0.1, -0.05) is 12.1 Å². The average molecular weight is 301 g/mol. The molecule has 2 rings (SSSR count). The molecule has 1 unspecified atom stereocenters. The summed E-state index contributed by atoms with van der Waals surface area (Å²) in [4.78, 5) is 13.2. The van der Waals surface area contributed by atoms with Crippen molar-refractivity contribution >= 4 is 21.6 Å². The number of para-hydroxylation sites is 1. The molecule has 1 aromatic carbocycles. The lowest BCUT2D eigenvalue weighted by Crippen LogP contribution is -2.42. The first-order valence-electron chi connectivity index (χ1n) is 6.35. The Labute approximate surface area is 117 Å². The molecule has 5 nitrogen and oxygen atoms in total. The number of amides is 1. The minimum Gasteiger partial charge on any atom is -0.449 e. The van der Waals surface area contributed by atoms with Crippen molar-refractivity contribution in [3.05, 3.63) is 30.1 Å². The zero-order valence-electron chi connectivity index (χ0n) is 11.1. The van der Waals surface area contributed by atoms with Gasteiger partial charge in [0.15, 0.2) is 9.84 Å². The molecule has 20 heavy (non-hydrogen) atoms. The maximum atomic E-state index is 13.9. The number of nitrogens with zero attached hydrogens (tertiary/aromatic N) is 1. The van der Waals surface area contributed by atoms with Gasteiger partial charge in [-0.05, 0) is 25.5 Å². The lowest BCUT2D eigenvalue weighted by Gasteiger charge is -2.27. The summed E-state index contributed by atoms with van der Waals surface area (Å²) in [7, 11) is -3.18. The lowest BCUT2D eigenvalue weighted by atomic mass is 10.2. The highest BCUT2D eigenvalue weighted by molar-refractivity contribution is 7.91. The van der Waals surface area contributed by atoms with Crippen LogP contribution in [-0.4, -0.2) is 38.7 Å². The summed E-state index contributed by atoms with van der Waals surface area (Å²) in [6, 6.07) is 5.18. The molecule has 0 aliphatic carbocycles. The van der Waals surface area contributed by atoms with Crippen LogP contribution in [0.15, 0.2) is 24.3 Å². The number of carbonyl (C=O) groups excluding carboxylic acids is 1. The maximum Gasteiger partial charge on any atom is 0.414 e. The Kier molecular flexibility index (Phi) is 4.27. The van der Waals surface area contributed by atoms with E-state index in [0.29, 0.717) is 0 Å². The van der Waals surface area contributed by atoms with Gasteiger partial charge in [0.2, 0.25) is 0 Å². The fourth-order valence-corrected chi connectivity index (χ4v) is 3.96. The highest BCUT2D eigenvalue weighted by atomic mass is 32.2. The smallest absolute Gasteiger partial charge is 0.414 e. The van der Waals surface area contributed by atoms with E-state index in [1.165, 1.54) is 18.2 Å². The molecule has 0 radical (unpaired) electrons. The number of carbonyl (C=O) groups is 1. The van der Waals surface area contributed by atoms with E-state index in [1.807, 2.05) is 0 Å². The van der Waals surface area contributed by atoms with E-state index in [2.05, 4.69) is 0 Å². The van der Waals surface area contributed by atoms with Gasteiger partial charge in [-0.2, -0.15) is 0 Å². The highest BCUT2D eigenvalue weighted by Gasteiger charge is 2.37. The van der Waals surface area contributed by atoms with E-state index in [1.54, 1.807) is 13.0 Å². The van der Waals surface area contributed by atoms with Crippen LogP contribution >= 0.6 is 0 Å². The predicted octanol–water partition coefficient (Wildman–Crippen LogP) is 1.98. The van der Waals surface area contributed by atoms with Crippen molar-refractivity contribution in [3.63, 3.8) is 0 Å². The average Bonchev–Trinajstić information content (AvgIpc) is 2.73. The SMILES string of the molecule is CCOC(=O)N(c1ccccc1F)C1CCS(=O)(=O)C1. The van der Waals surface area contributed by atoms with Gasteiger partial charge in [-0.3, -0.25) is 4.90 Å². The second-order valence-electron chi connectivity index (χ2n) is 4.58. The number of hydrogen-bond donors (Lipinski definition) is 0. The molecular formula is C13H16FNO4S. The predicted molar refractivity (Wildman–Crippen MR) is 73.0 cm³/mol. The number of sulfone groups is 1. The second-order valence-corrected chi connectivity index (χ2v) is 6.81. The lowest BCUT2D eigenvalue weighted by molar-refractivity contribution is 0.157. The molecule has 0 N–H and O–H groups in total. The zero-order chi connectivity index (χ0) is 14.8. The van der Waals surface area contributed by atoms with Crippen LogP contribution in [0.25, 0.3) is 0 Å². The molecule has 0 bridgehead atoms. The normalized spacial score (nSPS) is 20.6. The Balaban J connectivity index is 2.36. The molecule has 1 aliphatic rings. The number of anilines is 1. The molecule has 1 aliphatic heterocycles. The maximum absolute atomic E-state index is 13.9. The molecule has 0 aromatic heterocycles. The Morgan fingerprint density at radius 2 is 2.15 bits per heavy atom. The van der Waals surface area contributed by atoms with E-state index in [-0.39, 0.29) is 30.2 Å². The van der Waals surface area contributed by atoms with Crippen molar-refractivity contribution < 1.29 is 22.3 Å². The molecule has 0 saturated carbocycles. The molecule has 1 saturated heterocycles. The van der Waals surface area contributed by atoms with Gasteiger partial charge < -0.3 is 4.74 Å². The van der Waals surface area contributed by atoms with Crippen molar-refractivity contribution in [2.45, 2.75) is 19.4 Å². The fraction of sp³-hybridized carbons (Fsp3) is 0.462. The van der Waals surface area contributed by atoms with Crippen molar-refractivity contribution in [2.75, 3.05) is 23.0 Å². The van der Waals surface area contributed by atoms with Gasteiger partial charge in [-0.15, -0.1) is 0 Å². The van der Waals surface area contributed by atoms with Crippen LogP contribution < -0.4 is 4.90 Å². The topological polar surface area (TPSA) is 63.7 Å². The Morgan fingerprint density at radius 1 is 1.45 bits per heavy atom. The van der Waals surface area contributed by atoms with Crippen LogP contribution in [0.4, 0.5) is 14.9 Å². The zero-order valence-corrected chi connectivity index (χ0v) is 11.9. The Bertz CT molecular complexity index is 602. The molecular weight excluding hydrogens is 285 g/mol. The van der Waals surface area contributed by atoms with Crippen molar-refractivity contribution in [2.24, 2.45) is 0 Å². The second kappa shape index (κ2) is 5.78. The number of hydrogen-bond acceptors (Lipinski definition) is 4. The first-order valence-corrected chi connectivity index (χ1v) is 8.17.